The number of para-hydroxylation sites is 1. The van der Waals surface area contributed by atoms with E-state index in [9.17, 15) is 9.90 Å². The van der Waals surface area contributed by atoms with Gasteiger partial charge in [0.15, 0.2) is 0 Å². The van der Waals surface area contributed by atoms with Crippen LogP contribution in [0.3, 0.4) is 0 Å². The molecule has 7 heteroatoms. The van der Waals surface area contributed by atoms with Gasteiger partial charge in [0.25, 0.3) is 0 Å². The normalized spacial score (nSPS) is 15.0. The highest BCUT2D eigenvalue weighted by molar-refractivity contribution is 8.16. The van der Waals surface area contributed by atoms with Gasteiger partial charge in [-0.2, -0.15) is 0 Å². The number of hydrogen-bond acceptors (Lipinski definition) is 5. The Morgan fingerprint density at radius 2 is 2.03 bits per heavy atom. The van der Waals surface area contributed by atoms with Crippen molar-refractivity contribution in [3.05, 3.63) is 35.5 Å². The summed E-state index contributed by atoms with van der Waals surface area (Å²) >= 11 is 3.91. The fourth-order valence-electron chi connectivity index (χ4n) is 3.30. The first kappa shape index (κ1) is 21.9. The van der Waals surface area contributed by atoms with Crippen LogP contribution in [0.1, 0.15) is 43.0 Å². The Hall–Kier alpha value is -1.75. The number of amides is 1. The second-order valence-corrected chi connectivity index (χ2v) is 10.5. The van der Waals surface area contributed by atoms with Crippen molar-refractivity contribution in [1.82, 2.24) is 9.88 Å². The Balaban J connectivity index is 1.92. The average Bonchev–Trinajstić information content (AvgIpc) is 2.99. The molecule has 5 nitrogen and oxygen atoms in total. The molecule has 2 N–H and O–H groups in total. The van der Waals surface area contributed by atoms with Crippen molar-refractivity contribution in [3.63, 3.8) is 0 Å². The molecular weight excluding hydrogens is 404 g/mol. The van der Waals surface area contributed by atoms with E-state index in [4.69, 9.17) is 4.74 Å². The summed E-state index contributed by atoms with van der Waals surface area (Å²) < 4.78 is 7.82. The second kappa shape index (κ2) is 9.84. The first-order valence-electron chi connectivity index (χ1n) is 9.81. The zero-order valence-electron chi connectivity index (χ0n) is 17.2. The second-order valence-electron chi connectivity index (χ2n) is 7.75. The van der Waals surface area contributed by atoms with Gasteiger partial charge in [-0.25, -0.2) is 4.79 Å². The number of thioether (sulfide) groups is 2. The van der Waals surface area contributed by atoms with E-state index in [1.165, 1.54) is 17.4 Å². The van der Waals surface area contributed by atoms with E-state index >= 15 is 0 Å². The molecule has 1 aliphatic heterocycles. The summed E-state index contributed by atoms with van der Waals surface area (Å²) in [6.45, 7) is 6.38. The lowest BCUT2D eigenvalue weighted by Crippen LogP contribution is -2.34. The lowest BCUT2D eigenvalue weighted by atomic mass is 10.1. The van der Waals surface area contributed by atoms with Crippen LogP contribution in [0.25, 0.3) is 10.9 Å². The van der Waals surface area contributed by atoms with Crippen molar-refractivity contribution in [2.24, 2.45) is 0 Å². The molecule has 1 aromatic carbocycles. The number of aliphatic hydroxyl groups is 1. The summed E-state index contributed by atoms with van der Waals surface area (Å²) in [5, 5.41) is 13.3. The van der Waals surface area contributed by atoms with E-state index in [-0.39, 0.29) is 6.61 Å². The van der Waals surface area contributed by atoms with Crippen LogP contribution in [0.2, 0.25) is 0 Å². The highest BCUT2D eigenvalue weighted by atomic mass is 32.2. The van der Waals surface area contributed by atoms with Gasteiger partial charge in [0.05, 0.1) is 10.3 Å². The van der Waals surface area contributed by atoms with Crippen molar-refractivity contribution in [1.29, 1.82) is 0 Å². The predicted molar refractivity (Wildman–Crippen MR) is 122 cm³/mol. The number of aromatic nitrogens is 1. The molecule has 1 aliphatic rings. The van der Waals surface area contributed by atoms with Crippen molar-refractivity contribution in [2.45, 2.75) is 43.9 Å². The fraction of sp³-hybridized carbons (Fsp3) is 0.500. The molecule has 0 bridgehead atoms. The molecule has 0 spiro atoms. The van der Waals surface area contributed by atoms with E-state index in [0.717, 1.165) is 22.7 Å². The lowest BCUT2D eigenvalue weighted by Gasteiger charge is -2.21. The van der Waals surface area contributed by atoms with Crippen molar-refractivity contribution in [3.8, 4) is 11.8 Å². The van der Waals surface area contributed by atoms with Crippen LogP contribution in [0.4, 0.5) is 4.79 Å². The Morgan fingerprint density at radius 1 is 1.31 bits per heavy atom. The Labute approximate surface area is 181 Å². The summed E-state index contributed by atoms with van der Waals surface area (Å²) in [5.41, 5.74) is 2.74. The maximum Gasteiger partial charge on any atom is 0.407 e. The van der Waals surface area contributed by atoms with Crippen LogP contribution < -0.4 is 5.32 Å². The first-order chi connectivity index (χ1) is 13.9. The standard InChI is InChI=1S/C22H28N2O3S2/c1-22(2,3)27-21(26)23-11-12-24-17-9-5-4-8-16(17)19(18(24)10-6-13-25)20-28-14-7-15-29-20/h4-5,8-9,20,25H,7,11-15H2,1-3H3,(H,23,26). The van der Waals surface area contributed by atoms with Gasteiger partial charge in [-0.15, -0.1) is 23.5 Å². The summed E-state index contributed by atoms with van der Waals surface area (Å²) in [6.07, 6.45) is 0.803. The zero-order chi connectivity index (χ0) is 20.9. The molecule has 3 rings (SSSR count). The van der Waals surface area contributed by atoms with E-state index in [1.807, 2.05) is 50.4 Å². The molecule has 1 amide bonds. The van der Waals surface area contributed by atoms with Crippen LogP contribution >= 0.6 is 23.5 Å². The molecule has 1 saturated heterocycles. The largest absolute Gasteiger partial charge is 0.444 e. The number of fused-ring (bicyclic) bond motifs is 1. The summed E-state index contributed by atoms with van der Waals surface area (Å²) in [7, 11) is 0. The van der Waals surface area contributed by atoms with E-state index in [1.54, 1.807) is 0 Å². The number of nitrogens with one attached hydrogen (secondary N) is 1. The number of carbonyl (C=O) groups is 1. The topological polar surface area (TPSA) is 63.5 Å². The van der Waals surface area contributed by atoms with E-state index in [0.29, 0.717) is 17.7 Å². The van der Waals surface area contributed by atoms with Gasteiger partial charge in [-0.05, 0) is 50.7 Å². The maximum atomic E-state index is 12.0. The summed E-state index contributed by atoms with van der Waals surface area (Å²) in [5.74, 6) is 8.30. The zero-order valence-corrected chi connectivity index (χ0v) is 18.8. The molecule has 1 aromatic heterocycles. The molecule has 0 saturated carbocycles. The van der Waals surface area contributed by atoms with E-state index < -0.39 is 11.7 Å². The molecule has 29 heavy (non-hydrogen) atoms. The van der Waals surface area contributed by atoms with Gasteiger partial charge in [-0.1, -0.05) is 24.1 Å². The Bertz CT molecular complexity index is 916. The SMILES string of the molecule is CC(C)(C)OC(=O)NCCn1c(C#CCO)c(C2SCCCS2)c2ccccc21. The van der Waals surface area contributed by atoms with Crippen LogP contribution in [0.15, 0.2) is 24.3 Å². The van der Waals surface area contributed by atoms with Gasteiger partial charge in [0, 0.05) is 29.6 Å². The number of ether oxygens (including phenoxy) is 1. The predicted octanol–water partition coefficient (Wildman–Crippen LogP) is 4.38. The third-order valence-corrected chi connectivity index (χ3v) is 7.30. The van der Waals surface area contributed by atoms with Gasteiger partial charge in [0.1, 0.15) is 12.2 Å². The number of aliphatic hydroxyl groups excluding tert-OH is 1. The molecular formula is C22H28N2O3S2. The minimum atomic E-state index is -0.523. The monoisotopic (exact) mass is 432 g/mol. The number of benzene rings is 1. The Kier molecular flexibility index (Phi) is 7.44. The quantitative estimate of drug-likeness (QED) is 0.702. The third kappa shape index (κ3) is 5.65. The maximum absolute atomic E-state index is 12.0. The van der Waals surface area contributed by atoms with Crippen molar-refractivity contribution < 1.29 is 14.6 Å². The number of alkyl carbamates (subject to hydrolysis) is 1. The number of hydrogen-bond donors (Lipinski definition) is 2. The molecule has 156 valence electrons. The average molecular weight is 433 g/mol. The molecule has 2 heterocycles. The van der Waals surface area contributed by atoms with Crippen LogP contribution in [-0.2, 0) is 11.3 Å². The molecule has 1 fully saturated rings. The number of rotatable bonds is 4. The highest BCUT2D eigenvalue weighted by Gasteiger charge is 2.26. The van der Waals surface area contributed by atoms with Crippen LogP contribution in [0.5, 0.6) is 0 Å². The first-order valence-corrected chi connectivity index (χ1v) is 11.9. The highest BCUT2D eigenvalue weighted by Crippen LogP contribution is 2.48. The molecule has 0 atom stereocenters. The van der Waals surface area contributed by atoms with Crippen LogP contribution in [-0.4, -0.2) is 46.0 Å². The summed E-state index contributed by atoms with van der Waals surface area (Å²) in [4.78, 5) is 12.0. The minimum Gasteiger partial charge on any atom is -0.444 e. The third-order valence-electron chi connectivity index (χ3n) is 4.36. The minimum absolute atomic E-state index is 0.178. The van der Waals surface area contributed by atoms with Crippen LogP contribution in [0, 0.1) is 11.8 Å². The summed E-state index contributed by atoms with van der Waals surface area (Å²) in [6, 6.07) is 8.31. The Morgan fingerprint density at radius 3 is 2.72 bits per heavy atom. The number of carbonyl (C=O) groups excluding carboxylic acids is 1. The molecule has 2 aromatic rings. The van der Waals surface area contributed by atoms with E-state index in [2.05, 4.69) is 39.9 Å². The lowest BCUT2D eigenvalue weighted by molar-refractivity contribution is 0.0526. The smallest absolute Gasteiger partial charge is 0.407 e. The molecule has 0 radical (unpaired) electrons. The molecule has 0 unspecified atom stereocenters. The van der Waals surface area contributed by atoms with Gasteiger partial charge in [0.2, 0.25) is 0 Å². The van der Waals surface area contributed by atoms with Crippen molar-refractivity contribution in [2.75, 3.05) is 24.7 Å². The van der Waals surface area contributed by atoms with Gasteiger partial charge in [-0.3, -0.25) is 0 Å². The molecule has 0 aliphatic carbocycles. The van der Waals surface area contributed by atoms with Crippen molar-refractivity contribution >= 4 is 40.5 Å². The van der Waals surface area contributed by atoms with Gasteiger partial charge >= 0.3 is 6.09 Å². The number of nitrogens with zero attached hydrogens (tertiary/aromatic N) is 1. The fourth-order valence-corrected chi connectivity index (χ4v) is 6.30. The van der Waals surface area contributed by atoms with Gasteiger partial charge < -0.3 is 19.7 Å².